The van der Waals surface area contributed by atoms with Gasteiger partial charge >= 0.3 is 0 Å². The first-order valence-electron chi connectivity index (χ1n) is 4.51. The topological polar surface area (TPSA) is 42.4 Å². The van der Waals surface area contributed by atoms with Crippen LogP contribution in [0.25, 0.3) is 0 Å². The van der Waals surface area contributed by atoms with E-state index in [1.165, 1.54) is 0 Å². The fraction of sp³-hybridized carbons (Fsp3) is 0.400. The molecule has 0 saturated heterocycles. The number of anilines is 1. The maximum atomic E-state index is 11.3. The average molecular weight is 192 g/mol. The highest BCUT2D eigenvalue weighted by atomic mass is 16.5. The molecule has 0 radical (unpaired) electrons. The zero-order chi connectivity index (χ0) is 10.1. The van der Waals surface area contributed by atoms with E-state index in [0.717, 1.165) is 11.6 Å². The van der Waals surface area contributed by atoms with E-state index in [1.807, 2.05) is 24.1 Å². The molecule has 0 aromatic carbocycles. The molecule has 1 unspecified atom stereocenters. The van der Waals surface area contributed by atoms with Gasteiger partial charge in [0.05, 0.1) is 0 Å². The monoisotopic (exact) mass is 192 g/mol. The van der Waals surface area contributed by atoms with Crippen LogP contribution >= 0.6 is 0 Å². The highest BCUT2D eigenvalue weighted by Gasteiger charge is 2.28. The molecule has 1 aromatic rings. The minimum Gasteiger partial charge on any atom is -0.487 e. The van der Waals surface area contributed by atoms with Crippen LogP contribution in [0.15, 0.2) is 18.3 Å². The second-order valence-electron chi connectivity index (χ2n) is 3.37. The molecule has 4 nitrogen and oxygen atoms in total. The summed E-state index contributed by atoms with van der Waals surface area (Å²) in [5.74, 6) is 1.58. The van der Waals surface area contributed by atoms with Gasteiger partial charge in [0.2, 0.25) is 0 Å². The van der Waals surface area contributed by atoms with Crippen molar-refractivity contribution >= 4 is 11.6 Å². The minimum atomic E-state index is -0.211. The van der Waals surface area contributed by atoms with Gasteiger partial charge in [0.15, 0.2) is 17.4 Å². The summed E-state index contributed by atoms with van der Waals surface area (Å²) in [6.45, 7) is 1.98. The van der Waals surface area contributed by atoms with Gasteiger partial charge in [-0.1, -0.05) is 0 Å². The molecule has 0 bridgehead atoms. The Kier molecular flexibility index (Phi) is 2.11. The van der Waals surface area contributed by atoms with E-state index in [2.05, 4.69) is 4.98 Å². The van der Waals surface area contributed by atoms with Gasteiger partial charge in [-0.2, -0.15) is 0 Å². The SMILES string of the molecule is CC(=O)C1COc2cccnc2N1C. The van der Waals surface area contributed by atoms with Gasteiger partial charge in [-0.15, -0.1) is 0 Å². The van der Waals surface area contributed by atoms with Crippen LogP contribution in [0, 0.1) is 0 Å². The first kappa shape index (κ1) is 8.99. The summed E-state index contributed by atoms with van der Waals surface area (Å²) < 4.78 is 5.44. The van der Waals surface area contributed by atoms with E-state index in [-0.39, 0.29) is 11.8 Å². The summed E-state index contributed by atoms with van der Waals surface area (Å²) in [6, 6.07) is 3.47. The highest BCUT2D eigenvalue weighted by Crippen LogP contribution is 2.29. The maximum Gasteiger partial charge on any atom is 0.171 e. The lowest BCUT2D eigenvalue weighted by Crippen LogP contribution is -2.45. The highest BCUT2D eigenvalue weighted by molar-refractivity contribution is 5.85. The van der Waals surface area contributed by atoms with Gasteiger partial charge in [0, 0.05) is 13.2 Å². The number of aromatic nitrogens is 1. The second kappa shape index (κ2) is 3.29. The summed E-state index contributed by atoms with van der Waals surface area (Å²) in [6.07, 6.45) is 1.70. The first-order valence-corrected chi connectivity index (χ1v) is 4.51. The molecule has 0 aliphatic carbocycles. The van der Waals surface area contributed by atoms with E-state index in [1.54, 1.807) is 13.1 Å². The maximum absolute atomic E-state index is 11.3. The molecule has 14 heavy (non-hydrogen) atoms. The smallest absolute Gasteiger partial charge is 0.171 e. The van der Waals surface area contributed by atoms with Crippen molar-refractivity contribution in [2.45, 2.75) is 13.0 Å². The molecule has 2 rings (SSSR count). The van der Waals surface area contributed by atoms with Crippen LogP contribution in [0.1, 0.15) is 6.92 Å². The number of nitrogens with zero attached hydrogens (tertiary/aromatic N) is 2. The van der Waals surface area contributed by atoms with Gasteiger partial charge in [0.25, 0.3) is 0 Å². The Hall–Kier alpha value is -1.58. The molecule has 74 valence electrons. The van der Waals surface area contributed by atoms with Crippen molar-refractivity contribution in [2.75, 3.05) is 18.6 Å². The average Bonchev–Trinajstić information content (AvgIpc) is 2.18. The van der Waals surface area contributed by atoms with Crippen LogP contribution in [0.5, 0.6) is 5.75 Å². The molecule has 0 spiro atoms. The van der Waals surface area contributed by atoms with Crippen LogP contribution in [0.4, 0.5) is 5.82 Å². The molecule has 4 heteroatoms. The van der Waals surface area contributed by atoms with Crippen LogP contribution in [-0.4, -0.2) is 30.5 Å². The lowest BCUT2D eigenvalue weighted by molar-refractivity contribution is -0.119. The Morgan fingerprint density at radius 1 is 1.71 bits per heavy atom. The van der Waals surface area contributed by atoms with Gasteiger partial charge in [-0.25, -0.2) is 4.98 Å². The Bertz CT molecular complexity index is 365. The minimum absolute atomic E-state index is 0.101. The van der Waals surface area contributed by atoms with Crippen LogP contribution in [-0.2, 0) is 4.79 Å². The lowest BCUT2D eigenvalue weighted by Gasteiger charge is -2.32. The number of hydrogen-bond acceptors (Lipinski definition) is 4. The number of carbonyl (C=O) groups is 1. The predicted octanol–water partition coefficient (Wildman–Crippen LogP) is 0.868. The number of carbonyl (C=O) groups excluding carboxylic acids is 1. The second-order valence-corrected chi connectivity index (χ2v) is 3.37. The number of rotatable bonds is 1. The van der Waals surface area contributed by atoms with E-state index < -0.39 is 0 Å². The number of likely N-dealkylation sites (N-methyl/N-ethyl adjacent to an activating group) is 1. The number of ether oxygens (including phenoxy) is 1. The normalized spacial score (nSPS) is 19.9. The number of pyridine rings is 1. The molecule has 2 heterocycles. The molecule has 0 fully saturated rings. The lowest BCUT2D eigenvalue weighted by atomic mass is 10.1. The van der Waals surface area contributed by atoms with Crippen LogP contribution < -0.4 is 9.64 Å². The number of ketones is 1. The summed E-state index contributed by atoms with van der Waals surface area (Å²) in [7, 11) is 1.86. The van der Waals surface area contributed by atoms with Crippen molar-refractivity contribution in [3.05, 3.63) is 18.3 Å². The number of hydrogen-bond donors (Lipinski definition) is 0. The summed E-state index contributed by atoms with van der Waals surface area (Å²) in [4.78, 5) is 17.3. The van der Waals surface area contributed by atoms with Crippen molar-refractivity contribution in [2.24, 2.45) is 0 Å². The Morgan fingerprint density at radius 2 is 2.50 bits per heavy atom. The van der Waals surface area contributed by atoms with Gasteiger partial charge in [-0.3, -0.25) is 4.79 Å². The van der Waals surface area contributed by atoms with Crippen molar-refractivity contribution in [1.82, 2.24) is 4.98 Å². The predicted molar refractivity (Wildman–Crippen MR) is 52.6 cm³/mol. The van der Waals surface area contributed by atoms with Crippen LogP contribution in [0.2, 0.25) is 0 Å². The molecule has 0 N–H and O–H groups in total. The first-order chi connectivity index (χ1) is 6.70. The molecule has 1 aliphatic rings. The molecule has 1 aliphatic heterocycles. The Labute approximate surface area is 82.5 Å². The zero-order valence-electron chi connectivity index (χ0n) is 8.23. The Morgan fingerprint density at radius 3 is 3.21 bits per heavy atom. The molecular weight excluding hydrogens is 180 g/mol. The molecule has 0 saturated carbocycles. The van der Waals surface area contributed by atoms with E-state index in [4.69, 9.17) is 4.74 Å². The molecule has 0 amide bonds. The Balaban J connectivity index is 2.36. The van der Waals surface area contributed by atoms with Gasteiger partial charge in [0.1, 0.15) is 12.6 Å². The van der Waals surface area contributed by atoms with Crippen molar-refractivity contribution in [1.29, 1.82) is 0 Å². The van der Waals surface area contributed by atoms with Crippen molar-refractivity contribution in [3.8, 4) is 5.75 Å². The number of fused-ring (bicyclic) bond motifs is 1. The third-order valence-electron chi connectivity index (χ3n) is 2.42. The van der Waals surface area contributed by atoms with Crippen LogP contribution in [0.3, 0.4) is 0 Å². The quantitative estimate of drug-likeness (QED) is 0.662. The van der Waals surface area contributed by atoms with Crippen molar-refractivity contribution in [3.63, 3.8) is 0 Å². The molecular formula is C10H12N2O2. The molecule has 1 atom stereocenters. The number of Topliss-reactive ketones (excluding diaryl/α,β-unsaturated/α-hetero) is 1. The summed E-state index contributed by atoms with van der Waals surface area (Å²) in [5.41, 5.74) is 0. The third kappa shape index (κ3) is 1.32. The van der Waals surface area contributed by atoms with E-state index in [0.29, 0.717) is 6.61 Å². The fourth-order valence-electron chi connectivity index (χ4n) is 1.58. The third-order valence-corrected chi connectivity index (χ3v) is 2.42. The summed E-state index contributed by atoms with van der Waals surface area (Å²) >= 11 is 0. The van der Waals surface area contributed by atoms with E-state index in [9.17, 15) is 4.79 Å². The van der Waals surface area contributed by atoms with Gasteiger partial charge in [-0.05, 0) is 19.1 Å². The summed E-state index contributed by atoms with van der Waals surface area (Å²) in [5, 5.41) is 0. The van der Waals surface area contributed by atoms with Crippen molar-refractivity contribution < 1.29 is 9.53 Å². The largest absolute Gasteiger partial charge is 0.487 e. The fourth-order valence-corrected chi connectivity index (χ4v) is 1.58. The zero-order valence-corrected chi connectivity index (χ0v) is 8.23. The van der Waals surface area contributed by atoms with E-state index >= 15 is 0 Å². The van der Waals surface area contributed by atoms with Gasteiger partial charge < -0.3 is 9.64 Å². The standard InChI is InChI=1S/C10H12N2O2/c1-7(13)8-6-14-9-4-3-5-11-10(9)12(8)2/h3-5,8H,6H2,1-2H3. The molecule has 1 aromatic heterocycles.